The largest absolute Gasteiger partial charge is 0.495 e. The molecule has 132 valence electrons. The van der Waals surface area contributed by atoms with Gasteiger partial charge in [-0.25, -0.2) is 0 Å². The van der Waals surface area contributed by atoms with Gasteiger partial charge in [-0.15, -0.1) is 0 Å². The number of para-hydroxylation sites is 2. The van der Waals surface area contributed by atoms with Crippen molar-refractivity contribution in [2.24, 2.45) is 0 Å². The van der Waals surface area contributed by atoms with Gasteiger partial charge < -0.3 is 10.1 Å². The zero-order valence-corrected chi connectivity index (χ0v) is 15.0. The SMILES string of the molecule is COc1ccccc1NC1CN(C(c2ccccc2)c2ccccc2)C1. The highest BCUT2D eigenvalue weighted by atomic mass is 16.5. The van der Waals surface area contributed by atoms with Crippen LogP contribution in [0, 0.1) is 0 Å². The van der Waals surface area contributed by atoms with Gasteiger partial charge >= 0.3 is 0 Å². The fourth-order valence-electron chi connectivity index (χ4n) is 3.68. The molecule has 0 spiro atoms. The van der Waals surface area contributed by atoms with Crippen LogP contribution in [0.2, 0.25) is 0 Å². The molecule has 1 aliphatic rings. The third-order valence-electron chi connectivity index (χ3n) is 4.97. The quantitative estimate of drug-likeness (QED) is 0.708. The van der Waals surface area contributed by atoms with Gasteiger partial charge in [0.25, 0.3) is 0 Å². The molecular formula is C23H24N2O. The summed E-state index contributed by atoms with van der Waals surface area (Å²) in [6.45, 7) is 2.01. The molecule has 1 N–H and O–H groups in total. The maximum atomic E-state index is 5.45. The van der Waals surface area contributed by atoms with E-state index in [1.807, 2.05) is 18.2 Å². The first-order chi connectivity index (χ1) is 12.8. The Bertz CT molecular complexity index is 790. The van der Waals surface area contributed by atoms with Crippen LogP contribution in [0.1, 0.15) is 17.2 Å². The normalized spacial score (nSPS) is 14.8. The lowest BCUT2D eigenvalue weighted by molar-refractivity contribution is 0.123. The van der Waals surface area contributed by atoms with Crippen molar-refractivity contribution in [3.05, 3.63) is 96.1 Å². The van der Waals surface area contributed by atoms with Crippen LogP contribution in [0.5, 0.6) is 5.75 Å². The van der Waals surface area contributed by atoms with Crippen LogP contribution >= 0.6 is 0 Å². The minimum Gasteiger partial charge on any atom is -0.495 e. The molecule has 0 saturated carbocycles. The molecule has 3 aromatic rings. The number of ether oxygens (including phenoxy) is 1. The maximum Gasteiger partial charge on any atom is 0.141 e. The van der Waals surface area contributed by atoms with Gasteiger partial charge in [-0.05, 0) is 23.3 Å². The summed E-state index contributed by atoms with van der Waals surface area (Å²) in [6.07, 6.45) is 0. The molecule has 3 heteroatoms. The first kappa shape index (κ1) is 16.7. The van der Waals surface area contributed by atoms with Crippen LogP contribution in [0.15, 0.2) is 84.9 Å². The Morgan fingerprint density at radius 2 is 1.35 bits per heavy atom. The average molecular weight is 344 g/mol. The summed E-state index contributed by atoms with van der Waals surface area (Å²) < 4.78 is 5.45. The molecule has 1 heterocycles. The van der Waals surface area contributed by atoms with Crippen molar-refractivity contribution in [2.45, 2.75) is 12.1 Å². The molecule has 0 amide bonds. The van der Waals surface area contributed by atoms with E-state index in [2.05, 4.69) is 76.9 Å². The van der Waals surface area contributed by atoms with E-state index in [4.69, 9.17) is 4.74 Å². The predicted molar refractivity (Wildman–Crippen MR) is 107 cm³/mol. The van der Waals surface area contributed by atoms with E-state index < -0.39 is 0 Å². The van der Waals surface area contributed by atoms with Gasteiger partial charge in [-0.3, -0.25) is 4.90 Å². The summed E-state index contributed by atoms with van der Waals surface area (Å²) in [7, 11) is 1.72. The van der Waals surface area contributed by atoms with Crippen LogP contribution in [-0.2, 0) is 0 Å². The molecule has 4 rings (SSSR count). The van der Waals surface area contributed by atoms with Crippen LogP contribution in [0.4, 0.5) is 5.69 Å². The van der Waals surface area contributed by atoms with Gasteiger partial charge in [0.15, 0.2) is 0 Å². The minimum absolute atomic E-state index is 0.299. The van der Waals surface area contributed by atoms with Crippen molar-refractivity contribution < 1.29 is 4.74 Å². The van der Waals surface area contributed by atoms with E-state index in [-0.39, 0.29) is 0 Å². The summed E-state index contributed by atoms with van der Waals surface area (Å²) >= 11 is 0. The lowest BCUT2D eigenvalue weighted by Crippen LogP contribution is -2.56. The molecule has 0 unspecified atom stereocenters. The molecule has 0 atom stereocenters. The molecule has 1 aliphatic heterocycles. The lowest BCUT2D eigenvalue weighted by Gasteiger charge is -2.45. The molecule has 0 aliphatic carbocycles. The second-order valence-corrected chi connectivity index (χ2v) is 6.72. The Kier molecular flexibility index (Phi) is 4.89. The summed E-state index contributed by atoms with van der Waals surface area (Å²) in [5, 5.41) is 3.62. The number of benzene rings is 3. The summed E-state index contributed by atoms with van der Waals surface area (Å²) in [6, 6.07) is 30.4. The molecular weight excluding hydrogens is 320 g/mol. The van der Waals surface area contributed by atoms with E-state index in [0.717, 1.165) is 24.5 Å². The fourth-order valence-corrected chi connectivity index (χ4v) is 3.68. The Balaban J connectivity index is 1.49. The minimum atomic E-state index is 0.299. The standard InChI is InChI=1S/C23H24N2O/c1-26-22-15-9-8-14-21(22)24-20-16-25(17-20)23(18-10-4-2-5-11-18)19-12-6-3-7-13-19/h2-15,20,23-24H,16-17H2,1H3. The highest BCUT2D eigenvalue weighted by molar-refractivity contribution is 5.57. The molecule has 3 nitrogen and oxygen atoms in total. The van der Waals surface area contributed by atoms with Gasteiger partial charge in [0, 0.05) is 13.1 Å². The molecule has 1 fully saturated rings. The number of nitrogens with zero attached hydrogens (tertiary/aromatic N) is 1. The summed E-state index contributed by atoms with van der Waals surface area (Å²) in [4.78, 5) is 2.53. The Hall–Kier alpha value is -2.78. The van der Waals surface area contributed by atoms with Gasteiger partial charge in [-0.1, -0.05) is 72.8 Å². The monoisotopic (exact) mass is 344 g/mol. The topological polar surface area (TPSA) is 24.5 Å². The van der Waals surface area contributed by atoms with E-state index in [0.29, 0.717) is 12.1 Å². The van der Waals surface area contributed by atoms with Crippen molar-refractivity contribution in [3.63, 3.8) is 0 Å². The molecule has 3 aromatic carbocycles. The average Bonchev–Trinajstić information content (AvgIpc) is 2.68. The molecule has 0 bridgehead atoms. The number of rotatable bonds is 6. The first-order valence-corrected chi connectivity index (χ1v) is 9.08. The van der Waals surface area contributed by atoms with Crippen molar-refractivity contribution in [1.29, 1.82) is 0 Å². The fraction of sp³-hybridized carbons (Fsp3) is 0.217. The third-order valence-corrected chi connectivity index (χ3v) is 4.97. The van der Waals surface area contributed by atoms with Crippen LogP contribution in [-0.4, -0.2) is 31.1 Å². The van der Waals surface area contributed by atoms with Gasteiger partial charge in [-0.2, -0.15) is 0 Å². The van der Waals surface area contributed by atoms with Crippen LogP contribution in [0.3, 0.4) is 0 Å². The lowest BCUT2D eigenvalue weighted by atomic mass is 9.93. The van der Waals surface area contributed by atoms with Gasteiger partial charge in [0.1, 0.15) is 5.75 Å². The number of hydrogen-bond acceptors (Lipinski definition) is 3. The number of methoxy groups -OCH3 is 1. The highest BCUT2D eigenvalue weighted by Gasteiger charge is 2.34. The number of likely N-dealkylation sites (tertiary alicyclic amines) is 1. The first-order valence-electron chi connectivity index (χ1n) is 9.08. The molecule has 0 radical (unpaired) electrons. The van der Waals surface area contributed by atoms with Crippen LogP contribution < -0.4 is 10.1 Å². The zero-order chi connectivity index (χ0) is 17.8. The molecule has 0 aromatic heterocycles. The predicted octanol–water partition coefficient (Wildman–Crippen LogP) is 4.58. The van der Waals surface area contributed by atoms with Crippen molar-refractivity contribution in [2.75, 3.05) is 25.5 Å². The van der Waals surface area contributed by atoms with Crippen molar-refractivity contribution >= 4 is 5.69 Å². The number of hydrogen-bond donors (Lipinski definition) is 1. The number of nitrogens with one attached hydrogen (secondary N) is 1. The molecule has 26 heavy (non-hydrogen) atoms. The second-order valence-electron chi connectivity index (χ2n) is 6.72. The second kappa shape index (κ2) is 7.63. The number of anilines is 1. The maximum absolute atomic E-state index is 5.45. The smallest absolute Gasteiger partial charge is 0.141 e. The zero-order valence-electron chi connectivity index (χ0n) is 15.0. The van der Waals surface area contributed by atoms with Gasteiger partial charge in [0.2, 0.25) is 0 Å². The van der Waals surface area contributed by atoms with E-state index in [9.17, 15) is 0 Å². The molecule has 1 saturated heterocycles. The Labute approximate surface area is 155 Å². The summed E-state index contributed by atoms with van der Waals surface area (Å²) in [5.41, 5.74) is 3.75. The van der Waals surface area contributed by atoms with Crippen molar-refractivity contribution in [1.82, 2.24) is 4.90 Å². The highest BCUT2D eigenvalue weighted by Crippen LogP contribution is 2.34. The van der Waals surface area contributed by atoms with E-state index in [1.54, 1.807) is 7.11 Å². The van der Waals surface area contributed by atoms with E-state index in [1.165, 1.54) is 11.1 Å². The van der Waals surface area contributed by atoms with Crippen molar-refractivity contribution in [3.8, 4) is 5.75 Å². The van der Waals surface area contributed by atoms with Crippen LogP contribution in [0.25, 0.3) is 0 Å². The summed E-state index contributed by atoms with van der Waals surface area (Å²) in [5.74, 6) is 0.897. The van der Waals surface area contributed by atoms with E-state index >= 15 is 0 Å². The van der Waals surface area contributed by atoms with Gasteiger partial charge in [0.05, 0.1) is 24.9 Å². The third kappa shape index (κ3) is 3.44. The Morgan fingerprint density at radius 3 is 1.92 bits per heavy atom. The Morgan fingerprint density at radius 1 is 0.808 bits per heavy atom.